The molecule has 3 heteroatoms. The number of anilines is 1. The molecule has 0 fully saturated rings. The smallest absolute Gasteiger partial charge is 0.153 e. The van der Waals surface area contributed by atoms with Gasteiger partial charge in [0, 0.05) is 23.2 Å². The van der Waals surface area contributed by atoms with Crippen molar-refractivity contribution in [2.75, 3.05) is 11.9 Å². The monoisotopic (exact) mass is 283 g/mol. The summed E-state index contributed by atoms with van der Waals surface area (Å²) in [4.78, 5) is 0. The summed E-state index contributed by atoms with van der Waals surface area (Å²) in [6.45, 7) is 1.06. The van der Waals surface area contributed by atoms with E-state index < -0.39 is 0 Å². The lowest BCUT2D eigenvalue weighted by Gasteiger charge is -2.18. The van der Waals surface area contributed by atoms with Gasteiger partial charge in [-0.1, -0.05) is 23.7 Å². The van der Waals surface area contributed by atoms with Crippen molar-refractivity contribution in [2.24, 2.45) is 0 Å². The fourth-order valence-corrected chi connectivity index (χ4v) is 3.02. The zero-order valence-corrected chi connectivity index (χ0v) is 11.7. The van der Waals surface area contributed by atoms with Gasteiger partial charge in [-0.2, -0.15) is 0 Å². The highest BCUT2D eigenvalue weighted by Gasteiger charge is 2.13. The first kappa shape index (κ1) is 11.9. The number of nitrogens with one attached hydrogen (secondary N) is 1. The van der Waals surface area contributed by atoms with Crippen LogP contribution < -0.4 is 5.32 Å². The number of hydrogen-bond acceptors (Lipinski definition) is 2. The summed E-state index contributed by atoms with van der Waals surface area (Å²) in [6, 6.07) is 14.3. The summed E-state index contributed by atoms with van der Waals surface area (Å²) < 4.78 is 5.92. The number of rotatable bonds is 1. The standard InChI is InChI=1S/C17H14ClNO/c18-14-5-1-3-13-10-16(20-17(13)14)12-6-7-15-11(9-12)4-2-8-19-15/h1,3,5-7,9-10,19H,2,4,8H2. The summed E-state index contributed by atoms with van der Waals surface area (Å²) in [6.07, 6.45) is 2.31. The van der Waals surface area contributed by atoms with E-state index in [0.717, 1.165) is 35.3 Å². The highest BCUT2D eigenvalue weighted by molar-refractivity contribution is 6.34. The third-order valence-corrected chi connectivity index (χ3v) is 4.12. The molecule has 1 aliphatic rings. The highest BCUT2D eigenvalue weighted by Crippen LogP contribution is 2.34. The lowest BCUT2D eigenvalue weighted by molar-refractivity contribution is 0.631. The van der Waals surface area contributed by atoms with Gasteiger partial charge < -0.3 is 9.73 Å². The van der Waals surface area contributed by atoms with Crippen molar-refractivity contribution in [3.8, 4) is 11.3 Å². The van der Waals surface area contributed by atoms with Crippen LogP contribution in [0.2, 0.25) is 5.02 Å². The topological polar surface area (TPSA) is 25.2 Å². The molecule has 1 N–H and O–H groups in total. The SMILES string of the molecule is Clc1cccc2cc(-c3ccc4c(c3)CCCN4)oc12. The van der Waals surface area contributed by atoms with Gasteiger partial charge in [-0.05, 0) is 48.7 Å². The van der Waals surface area contributed by atoms with E-state index >= 15 is 0 Å². The number of halogens is 1. The molecule has 0 radical (unpaired) electrons. The van der Waals surface area contributed by atoms with E-state index in [2.05, 4.69) is 29.6 Å². The summed E-state index contributed by atoms with van der Waals surface area (Å²) in [7, 11) is 0. The molecule has 0 aliphatic carbocycles. The number of hydrogen-bond donors (Lipinski definition) is 1. The molecule has 0 amide bonds. The summed E-state index contributed by atoms with van der Waals surface area (Å²) in [5.41, 5.74) is 4.48. The molecule has 20 heavy (non-hydrogen) atoms. The number of para-hydroxylation sites is 1. The largest absolute Gasteiger partial charge is 0.455 e. The van der Waals surface area contributed by atoms with Crippen LogP contribution in [-0.4, -0.2) is 6.54 Å². The van der Waals surface area contributed by atoms with E-state index in [4.69, 9.17) is 16.0 Å². The number of aryl methyl sites for hydroxylation is 1. The van der Waals surface area contributed by atoms with Crippen molar-refractivity contribution in [1.29, 1.82) is 0 Å². The Balaban J connectivity index is 1.84. The zero-order valence-electron chi connectivity index (χ0n) is 10.9. The maximum atomic E-state index is 6.17. The molecule has 0 spiro atoms. The summed E-state index contributed by atoms with van der Waals surface area (Å²) in [5.74, 6) is 0.876. The van der Waals surface area contributed by atoms with Gasteiger partial charge in [0.2, 0.25) is 0 Å². The van der Waals surface area contributed by atoms with Gasteiger partial charge in [-0.25, -0.2) is 0 Å². The van der Waals surface area contributed by atoms with Crippen LogP contribution in [0.3, 0.4) is 0 Å². The minimum absolute atomic E-state index is 0.661. The summed E-state index contributed by atoms with van der Waals surface area (Å²) in [5, 5.41) is 5.13. The van der Waals surface area contributed by atoms with E-state index in [-0.39, 0.29) is 0 Å². The van der Waals surface area contributed by atoms with Crippen molar-refractivity contribution in [2.45, 2.75) is 12.8 Å². The average Bonchev–Trinajstić information content (AvgIpc) is 2.92. The molecule has 1 aromatic heterocycles. The van der Waals surface area contributed by atoms with Gasteiger partial charge in [-0.3, -0.25) is 0 Å². The number of furan rings is 1. The first-order chi connectivity index (χ1) is 9.81. The van der Waals surface area contributed by atoms with Crippen LogP contribution in [0.5, 0.6) is 0 Å². The Morgan fingerprint density at radius 3 is 2.95 bits per heavy atom. The molecular weight excluding hydrogens is 270 g/mol. The number of fused-ring (bicyclic) bond motifs is 2. The molecule has 2 nitrogen and oxygen atoms in total. The fourth-order valence-electron chi connectivity index (χ4n) is 2.80. The molecule has 2 aromatic carbocycles. The quantitative estimate of drug-likeness (QED) is 0.671. The molecule has 2 heterocycles. The average molecular weight is 284 g/mol. The van der Waals surface area contributed by atoms with Gasteiger partial charge in [0.25, 0.3) is 0 Å². The van der Waals surface area contributed by atoms with Crippen molar-refractivity contribution >= 4 is 28.3 Å². The fraction of sp³-hybridized carbons (Fsp3) is 0.176. The van der Waals surface area contributed by atoms with Crippen LogP contribution in [0.25, 0.3) is 22.3 Å². The Bertz CT molecular complexity index is 791. The normalized spacial score (nSPS) is 14.1. The first-order valence-corrected chi connectivity index (χ1v) is 7.24. The zero-order chi connectivity index (χ0) is 13.5. The van der Waals surface area contributed by atoms with Crippen LogP contribution in [0.1, 0.15) is 12.0 Å². The Labute approximate surface area is 122 Å². The van der Waals surface area contributed by atoms with E-state index in [1.807, 2.05) is 18.2 Å². The van der Waals surface area contributed by atoms with Crippen LogP contribution in [0, 0.1) is 0 Å². The second-order valence-corrected chi connectivity index (χ2v) is 5.58. The molecule has 3 aromatic rings. The van der Waals surface area contributed by atoms with Crippen molar-refractivity contribution in [3.05, 3.63) is 53.1 Å². The molecule has 0 saturated heterocycles. The van der Waals surface area contributed by atoms with Crippen molar-refractivity contribution in [1.82, 2.24) is 0 Å². The second kappa shape index (κ2) is 4.57. The van der Waals surface area contributed by atoms with Gasteiger partial charge in [-0.15, -0.1) is 0 Å². The minimum Gasteiger partial charge on any atom is -0.455 e. The van der Waals surface area contributed by atoms with Crippen LogP contribution in [0.15, 0.2) is 46.9 Å². The second-order valence-electron chi connectivity index (χ2n) is 5.17. The maximum absolute atomic E-state index is 6.17. The molecule has 100 valence electrons. The third kappa shape index (κ3) is 1.88. The first-order valence-electron chi connectivity index (χ1n) is 6.86. The highest BCUT2D eigenvalue weighted by atomic mass is 35.5. The molecule has 0 bridgehead atoms. The predicted molar refractivity (Wildman–Crippen MR) is 83.5 cm³/mol. The lowest BCUT2D eigenvalue weighted by Crippen LogP contribution is -2.11. The Kier molecular flexibility index (Phi) is 2.71. The molecule has 0 unspecified atom stereocenters. The van der Waals surface area contributed by atoms with Crippen molar-refractivity contribution in [3.63, 3.8) is 0 Å². The minimum atomic E-state index is 0.661. The van der Waals surface area contributed by atoms with E-state index in [1.54, 1.807) is 0 Å². The molecule has 1 aliphatic heterocycles. The molecule has 0 saturated carbocycles. The van der Waals surface area contributed by atoms with E-state index in [1.165, 1.54) is 17.7 Å². The third-order valence-electron chi connectivity index (χ3n) is 3.82. The number of benzene rings is 2. The van der Waals surface area contributed by atoms with Crippen LogP contribution >= 0.6 is 11.6 Å². The van der Waals surface area contributed by atoms with Gasteiger partial charge in [0.05, 0.1) is 5.02 Å². The predicted octanol–water partition coefficient (Wildman–Crippen LogP) is 5.11. The van der Waals surface area contributed by atoms with Crippen molar-refractivity contribution < 1.29 is 4.42 Å². The van der Waals surface area contributed by atoms with Gasteiger partial charge in [0.1, 0.15) is 5.76 Å². The Morgan fingerprint density at radius 2 is 2.05 bits per heavy atom. The van der Waals surface area contributed by atoms with E-state index in [0.29, 0.717) is 5.02 Å². The molecular formula is C17H14ClNO. The lowest BCUT2D eigenvalue weighted by atomic mass is 10.00. The molecule has 4 rings (SSSR count). The van der Waals surface area contributed by atoms with Crippen LogP contribution in [-0.2, 0) is 6.42 Å². The summed E-state index contributed by atoms with van der Waals surface area (Å²) >= 11 is 6.17. The van der Waals surface area contributed by atoms with Crippen LogP contribution in [0.4, 0.5) is 5.69 Å². The van der Waals surface area contributed by atoms with E-state index in [9.17, 15) is 0 Å². The Hall–Kier alpha value is -1.93. The van der Waals surface area contributed by atoms with Gasteiger partial charge in [0.15, 0.2) is 5.58 Å². The van der Waals surface area contributed by atoms with Gasteiger partial charge >= 0.3 is 0 Å². The molecule has 0 atom stereocenters. The maximum Gasteiger partial charge on any atom is 0.153 e. The Morgan fingerprint density at radius 1 is 1.10 bits per heavy atom.